The van der Waals surface area contributed by atoms with Crippen molar-refractivity contribution in [2.75, 3.05) is 0 Å². The molecule has 0 fully saturated rings. The summed E-state index contributed by atoms with van der Waals surface area (Å²) in [7, 11) is 0. The van der Waals surface area contributed by atoms with Gasteiger partial charge in [0, 0.05) is 5.92 Å². The maximum atomic E-state index is 9.76. The fourth-order valence-electron chi connectivity index (χ4n) is 1.15. The van der Waals surface area contributed by atoms with Crippen LogP contribution in [0.3, 0.4) is 0 Å². The smallest absolute Gasteiger partial charge is 0.123 e. The maximum Gasteiger partial charge on any atom is 0.123 e. The van der Waals surface area contributed by atoms with Crippen molar-refractivity contribution in [2.24, 2.45) is 11.8 Å². The van der Waals surface area contributed by atoms with Gasteiger partial charge in [-0.2, -0.15) is 0 Å². The van der Waals surface area contributed by atoms with Crippen molar-refractivity contribution in [2.45, 2.75) is 46.6 Å². The lowest BCUT2D eigenvalue weighted by Crippen LogP contribution is -2.23. The van der Waals surface area contributed by atoms with E-state index in [0.29, 0.717) is 11.8 Å². The van der Waals surface area contributed by atoms with Crippen LogP contribution in [0, 0.1) is 23.7 Å². The summed E-state index contributed by atoms with van der Waals surface area (Å²) in [5.74, 6) is 6.71. The molecule has 1 nitrogen and oxygen atoms in total. The topological polar surface area (TPSA) is 20.2 Å². The molecule has 0 saturated carbocycles. The first-order chi connectivity index (χ1) is 5.33. The van der Waals surface area contributed by atoms with E-state index in [2.05, 4.69) is 25.7 Å². The lowest BCUT2D eigenvalue weighted by Gasteiger charge is -2.18. The molecule has 0 bridgehead atoms. The lowest BCUT2D eigenvalue weighted by atomic mass is 9.94. The highest BCUT2D eigenvalue weighted by Crippen LogP contribution is 2.14. The molecule has 0 spiro atoms. The van der Waals surface area contributed by atoms with Crippen molar-refractivity contribution >= 4 is 0 Å². The average Bonchev–Trinajstić information content (AvgIpc) is 1.81. The van der Waals surface area contributed by atoms with E-state index in [-0.39, 0.29) is 0 Å². The first-order valence-electron chi connectivity index (χ1n) is 4.58. The van der Waals surface area contributed by atoms with Crippen molar-refractivity contribution in [3.63, 3.8) is 0 Å². The second-order valence-electron chi connectivity index (χ2n) is 4.30. The van der Waals surface area contributed by atoms with Crippen LogP contribution in [0.5, 0.6) is 0 Å². The minimum Gasteiger partial charge on any atom is -0.378 e. The van der Waals surface area contributed by atoms with Crippen LogP contribution >= 0.6 is 0 Å². The van der Waals surface area contributed by atoms with Crippen molar-refractivity contribution < 1.29 is 5.11 Å². The first kappa shape index (κ1) is 11.5. The van der Waals surface area contributed by atoms with Crippen LogP contribution in [0.1, 0.15) is 41.0 Å². The fourth-order valence-corrected chi connectivity index (χ4v) is 1.15. The molecule has 0 aromatic carbocycles. The van der Waals surface area contributed by atoms with Gasteiger partial charge in [-0.05, 0) is 19.3 Å². The molecule has 1 atom stereocenters. The van der Waals surface area contributed by atoms with E-state index in [9.17, 15) is 5.11 Å². The largest absolute Gasteiger partial charge is 0.378 e. The van der Waals surface area contributed by atoms with E-state index < -0.39 is 5.60 Å². The van der Waals surface area contributed by atoms with Crippen molar-refractivity contribution in [1.82, 2.24) is 0 Å². The van der Waals surface area contributed by atoms with Crippen LogP contribution in [-0.4, -0.2) is 10.7 Å². The molecule has 0 aromatic heterocycles. The first-order valence-corrected chi connectivity index (χ1v) is 4.58. The Morgan fingerprint density at radius 1 is 1.25 bits per heavy atom. The van der Waals surface area contributed by atoms with Gasteiger partial charge >= 0.3 is 0 Å². The predicted molar refractivity (Wildman–Crippen MR) is 52.7 cm³/mol. The molecule has 0 aromatic rings. The Labute approximate surface area is 76.2 Å². The zero-order valence-electron chi connectivity index (χ0n) is 8.81. The van der Waals surface area contributed by atoms with Gasteiger partial charge in [0.25, 0.3) is 0 Å². The SMILES string of the molecule is CC(C)C#CC(C)(O)CC(C)C. The summed E-state index contributed by atoms with van der Waals surface area (Å²) in [4.78, 5) is 0. The van der Waals surface area contributed by atoms with Crippen molar-refractivity contribution in [3.8, 4) is 11.8 Å². The van der Waals surface area contributed by atoms with Crippen LogP contribution < -0.4 is 0 Å². The molecular weight excluding hydrogens is 148 g/mol. The van der Waals surface area contributed by atoms with Gasteiger partial charge in [-0.15, -0.1) is 0 Å². The normalized spacial score (nSPS) is 15.7. The molecule has 1 unspecified atom stereocenters. The Hall–Kier alpha value is -0.480. The Kier molecular flexibility index (Phi) is 4.34. The van der Waals surface area contributed by atoms with E-state index in [0.717, 1.165) is 6.42 Å². The van der Waals surface area contributed by atoms with Gasteiger partial charge in [-0.25, -0.2) is 0 Å². The summed E-state index contributed by atoms with van der Waals surface area (Å²) in [5, 5.41) is 9.76. The summed E-state index contributed by atoms with van der Waals surface area (Å²) >= 11 is 0. The Balaban J connectivity index is 4.15. The maximum absolute atomic E-state index is 9.76. The molecule has 0 aliphatic heterocycles. The number of hydrogen-bond acceptors (Lipinski definition) is 1. The average molecular weight is 168 g/mol. The Morgan fingerprint density at radius 2 is 1.75 bits per heavy atom. The molecule has 0 rings (SSSR count). The standard InChI is InChI=1S/C11H20O/c1-9(2)6-7-11(5,12)8-10(3)4/h9-10,12H,8H2,1-5H3. The summed E-state index contributed by atoms with van der Waals surface area (Å²) in [6.07, 6.45) is 0.743. The van der Waals surface area contributed by atoms with Gasteiger partial charge in [0.15, 0.2) is 0 Å². The van der Waals surface area contributed by atoms with Crippen LogP contribution in [0.25, 0.3) is 0 Å². The second-order valence-corrected chi connectivity index (χ2v) is 4.30. The second kappa shape index (κ2) is 4.52. The summed E-state index contributed by atoms with van der Waals surface area (Å²) in [6.45, 7) is 10.0. The van der Waals surface area contributed by atoms with Crippen LogP contribution in [0.4, 0.5) is 0 Å². The molecule has 0 amide bonds. The highest BCUT2D eigenvalue weighted by Gasteiger charge is 2.18. The fraction of sp³-hybridized carbons (Fsp3) is 0.818. The highest BCUT2D eigenvalue weighted by atomic mass is 16.3. The molecule has 0 saturated heterocycles. The zero-order valence-corrected chi connectivity index (χ0v) is 8.81. The van der Waals surface area contributed by atoms with Crippen molar-refractivity contribution in [3.05, 3.63) is 0 Å². The van der Waals surface area contributed by atoms with Gasteiger partial charge in [0.05, 0.1) is 0 Å². The number of rotatable bonds is 2. The minimum atomic E-state index is -0.807. The highest BCUT2D eigenvalue weighted by molar-refractivity contribution is 5.13. The van der Waals surface area contributed by atoms with Gasteiger partial charge in [-0.1, -0.05) is 39.5 Å². The molecule has 0 aliphatic carbocycles. The lowest BCUT2D eigenvalue weighted by molar-refractivity contribution is 0.0974. The van der Waals surface area contributed by atoms with Crippen molar-refractivity contribution in [1.29, 1.82) is 0 Å². The van der Waals surface area contributed by atoms with Gasteiger partial charge in [0.1, 0.15) is 5.60 Å². The third-order valence-corrected chi connectivity index (χ3v) is 1.44. The molecule has 1 heteroatoms. The Morgan fingerprint density at radius 3 is 2.08 bits per heavy atom. The predicted octanol–water partition coefficient (Wildman–Crippen LogP) is 2.44. The molecule has 1 N–H and O–H groups in total. The third kappa shape index (κ3) is 6.24. The summed E-state index contributed by atoms with van der Waals surface area (Å²) in [5.41, 5.74) is -0.807. The Bertz CT molecular complexity index is 179. The summed E-state index contributed by atoms with van der Waals surface area (Å²) in [6, 6.07) is 0. The molecule has 0 aliphatic rings. The molecule has 0 heterocycles. The monoisotopic (exact) mass is 168 g/mol. The van der Waals surface area contributed by atoms with Crippen LogP contribution in [0.15, 0.2) is 0 Å². The van der Waals surface area contributed by atoms with E-state index in [4.69, 9.17) is 0 Å². The van der Waals surface area contributed by atoms with E-state index in [1.54, 1.807) is 6.92 Å². The van der Waals surface area contributed by atoms with Gasteiger partial charge in [0.2, 0.25) is 0 Å². The molecule has 70 valence electrons. The van der Waals surface area contributed by atoms with Gasteiger partial charge in [-0.3, -0.25) is 0 Å². The quantitative estimate of drug-likeness (QED) is 0.628. The van der Waals surface area contributed by atoms with E-state index in [1.165, 1.54) is 0 Å². The number of aliphatic hydroxyl groups is 1. The molecular formula is C11H20O. The molecule has 12 heavy (non-hydrogen) atoms. The van der Waals surface area contributed by atoms with Crippen LogP contribution in [0.2, 0.25) is 0 Å². The minimum absolute atomic E-state index is 0.337. The number of hydrogen-bond donors (Lipinski definition) is 1. The van der Waals surface area contributed by atoms with Gasteiger partial charge < -0.3 is 5.11 Å². The summed E-state index contributed by atoms with van der Waals surface area (Å²) < 4.78 is 0. The zero-order chi connectivity index (χ0) is 9.78. The molecule has 0 radical (unpaired) electrons. The third-order valence-electron chi connectivity index (χ3n) is 1.44. The van der Waals surface area contributed by atoms with E-state index >= 15 is 0 Å². The van der Waals surface area contributed by atoms with Crippen LogP contribution in [-0.2, 0) is 0 Å². The van der Waals surface area contributed by atoms with E-state index in [1.807, 2.05) is 13.8 Å².